The van der Waals surface area contributed by atoms with Crippen LogP contribution in [0.5, 0.6) is 0 Å². The summed E-state index contributed by atoms with van der Waals surface area (Å²) in [7, 11) is 0. The lowest BCUT2D eigenvalue weighted by Gasteiger charge is -2.18. The van der Waals surface area contributed by atoms with E-state index >= 15 is 0 Å². The average molecular weight is 334 g/mol. The van der Waals surface area contributed by atoms with Crippen LogP contribution < -0.4 is 5.73 Å². The van der Waals surface area contributed by atoms with Crippen molar-refractivity contribution in [3.8, 4) is 0 Å². The molecule has 0 saturated carbocycles. The van der Waals surface area contributed by atoms with Crippen molar-refractivity contribution in [1.82, 2.24) is 9.97 Å². The molecule has 0 saturated heterocycles. The molecule has 1 aromatic rings. The zero-order valence-electron chi connectivity index (χ0n) is 14.1. The van der Waals surface area contributed by atoms with Gasteiger partial charge < -0.3 is 10.8 Å². The van der Waals surface area contributed by atoms with Gasteiger partial charge in [-0.15, -0.1) is 11.8 Å². The van der Waals surface area contributed by atoms with Gasteiger partial charge in [0.15, 0.2) is 0 Å². The van der Waals surface area contributed by atoms with Crippen LogP contribution in [0.4, 0.5) is 5.82 Å². The number of hydrogen-bond acceptors (Lipinski definition) is 5. The molecule has 2 heterocycles. The standard InChI is InChI=1S/C18H27N3OS/c1-13-5-3-6-15(7-4-10-23-17(13)8-9-22)11-16-12-20-14(2)21-18(16)19/h4,10,12,15,22H,3,5-9,11H2,1-2H3,(H2,19,20,21)/b10-4+,17-13-. The van der Waals surface area contributed by atoms with Crippen molar-refractivity contribution in [1.29, 1.82) is 0 Å². The molecule has 126 valence electrons. The molecule has 3 N–H and O–H groups in total. The van der Waals surface area contributed by atoms with Crippen molar-refractivity contribution >= 4 is 17.6 Å². The first-order chi connectivity index (χ1) is 11.1. The Bertz CT molecular complexity index is 584. The van der Waals surface area contributed by atoms with Crippen LogP contribution in [0, 0.1) is 12.8 Å². The number of nitrogens with two attached hydrogens (primary N) is 1. The van der Waals surface area contributed by atoms with E-state index in [2.05, 4.69) is 28.4 Å². The van der Waals surface area contributed by atoms with E-state index in [-0.39, 0.29) is 6.61 Å². The second-order valence-corrected chi connectivity index (χ2v) is 7.19. The molecule has 5 heteroatoms. The molecular weight excluding hydrogens is 306 g/mol. The van der Waals surface area contributed by atoms with E-state index in [4.69, 9.17) is 5.73 Å². The number of aliphatic hydroxyl groups is 1. The van der Waals surface area contributed by atoms with Crippen molar-refractivity contribution in [2.75, 3.05) is 12.3 Å². The summed E-state index contributed by atoms with van der Waals surface area (Å²) in [6.45, 7) is 4.28. The molecule has 1 aromatic heterocycles. The van der Waals surface area contributed by atoms with Crippen molar-refractivity contribution in [2.24, 2.45) is 5.92 Å². The topological polar surface area (TPSA) is 72.0 Å². The normalized spacial score (nSPS) is 24.4. The molecule has 0 spiro atoms. The summed E-state index contributed by atoms with van der Waals surface area (Å²) >= 11 is 1.76. The molecule has 23 heavy (non-hydrogen) atoms. The minimum Gasteiger partial charge on any atom is -0.396 e. The van der Waals surface area contributed by atoms with Crippen LogP contribution in [0.1, 0.15) is 50.4 Å². The Morgan fingerprint density at radius 1 is 1.39 bits per heavy atom. The number of hydrogen-bond donors (Lipinski definition) is 2. The average Bonchev–Trinajstić information content (AvgIpc) is 2.52. The van der Waals surface area contributed by atoms with Gasteiger partial charge >= 0.3 is 0 Å². The SMILES string of the molecule is C/C1=C(\CCO)S/C=C/CC(Cc2cnc(C)nc2N)CCC1. The third-order valence-corrected chi connectivity index (χ3v) is 5.45. The van der Waals surface area contributed by atoms with Gasteiger partial charge in [-0.25, -0.2) is 9.97 Å². The van der Waals surface area contributed by atoms with Crippen molar-refractivity contribution < 1.29 is 5.11 Å². The Morgan fingerprint density at radius 3 is 2.96 bits per heavy atom. The highest BCUT2D eigenvalue weighted by Gasteiger charge is 2.13. The predicted molar refractivity (Wildman–Crippen MR) is 98.0 cm³/mol. The Balaban J connectivity index is 2.01. The Hall–Kier alpha value is -1.33. The van der Waals surface area contributed by atoms with E-state index in [1.165, 1.54) is 23.3 Å². The van der Waals surface area contributed by atoms with Crippen LogP contribution >= 0.6 is 11.8 Å². The van der Waals surface area contributed by atoms with Crippen LogP contribution in [0.25, 0.3) is 0 Å². The molecule has 0 aliphatic carbocycles. The molecule has 0 bridgehead atoms. The van der Waals surface area contributed by atoms with Gasteiger partial charge in [-0.2, -0.15) is 0 Å². The van der Waals surface area contributed by atoms with Crippen LogP contribution in [0.3, 0.4) is 0 Å². The molecule has 2 rings (SSSR count). The third kappa shape index (κ3) is 5.66. The molecule has 1 aliphatic rings. The van der Waals surface area contributed by atoms with Gasteiger partial charge in [0.05, 0.1) is 0 Å². The van der Waals surface area contributed by atoms with Gasteiger partial charge in [0.25, 0.3) is 0 Å². The number of nitrogen functional groups attached to an aromatic ring is 1. The van der Waals surface area contributed by atoms with E-state index in [9.17, 15) is 5.11 Å². The summed E-state index contributed by atoms with van der Waals surface area (Å²) in [5.74, 6) is 1.92. The van der Waals surface area contributed by atoms with Gasteiger partial charge in [0, 0.05) is 24.8 Å². The van der Waals surface area contributed by atoms with E-state index in [0.29, 0.717) is 11.7 Å². The first kappa shape index (κ1) is 18.0. The van der Waals surface area contributed by atoms with E-state index in [1.54, 1.807) is 11.8 Å². The van der Waals surface area contributed by atoms with Gasteiger partial charge in [-0.3, -0.25) is 0 Å². The molecular formula is C18H27N3OS. The highest BCUT2D eigenvalue weighted by atomic mass is 32.2. The summed E-state index contributed by atoms with van der Waals surface area (Å²) in [5, 5.41) is 11.3. The molecule has 1 atom stereocenters. The largest absolute Gasteiger partial charge is 0.396 e. The number of nitrogens with zero attached hydrogens (tertiary/aromatic N) is 2. The zero-order valence-corrected chi connectivity index (χ0v) is 14.9. The third-order valence-electron chi connectivity index (χ3n) is 4.28. The number of anilines is 1. The maximum Gasteiger partial charge on any atom is 0.130 e. The number of aliphatic hydroxyl groups excluding tert-OH is 1. The summed E-state index contributed by atoms with van der Waals surface area (Å²) in [4.78, 5) is 9.87. The van der Waals surface area contributed by atoms with Crippen molar-refractivity contribution in [3.05, 3.63) is 39.5 Å². The van der Waals surface area contributed by atoms with Crippen LogP contribution in [0.15, 0.2) is 28.2 Å². The lowest BCUT2D eigenvalue weighted by molar-refractivity contribution is 0.301. The Labute approximate surface area is 143 Å². The molecule has 1 unspecified atom stereocenters. The molecule has 0 amide bonds. The highest BCUT2D eigenvalue weighted by Crippen LogP contribution is 2.31. The molecule has 0 radical (unpaired) electrons. The van der Waals surface area contributed by atoms with Gasteiger partial charge in [0.2, 0.25) is 0 Å². The fourth-order valence-electron chi connectivity index (χ4n) is 2.93. The fourth-order valence-corrected chi connectivity index (χ4v) is 3.82. The minimum absolute atomic E-state index is 0.225. The van der Waals surface area contributed by atoms with Crippen LogP contribution in [-0.4, -0.2) is 21.7 Å². The van der Waals surface area contributed by atoms with Gasteiger partial charge in [-0.1, -0.05) is 11.6 Å². The van der Waals surface area contributed by atoms with Gasteiger partial charge in [0.1, 0.15) is 11.6 Å². The number of aromatic nitrogens is 2. The van der Waals surface area contributed by atoms with E-state index in [0.717, 1.165) is 37.1 Å². The summed E-state index contributed by atoms with van der Waals surface area (Å²) < 4.78 is 0. The monoisotopic (exact) mass is 333 g/mol. The van der Waals surface area contributed by atoms with Crippen LogP contribution in [0.2, 0.25) is 0 Å². The Kier molecular flexibility index (Phi) is 7.12. The number of rotatable bonds is 4. The quantitative estimate of drug-likeness (QED) is 0.871. The summed E-state index contributed by atoms with van der Waals surface area (Å²) in [6, 6.07) is 0. The smallest absolute Gasteiger partial charge is 0.130 e. The minimum atomic E-state index is 0.225. The zero-order chi connectivity index (χ0) is 16.7. The number of aryl methyl sites for hydroxylation is 1. The maximum atomic E-state index is 9.18. The second-order valence-electron chi connectivity index (χ2n) is 6.19. The summed E-state index contributed by atoms with van der Waals surface area (Å²) in [6.07, 6.45) is 10.3. The van der Waals surface area contributed by atoms with Crippen molar-refractivity contribution in [3.63, 3.8) is 0 Å². The number of allylic oxidation sites excluding steroid dienone is 2. The first-order valence-electron chi connectivity index (χ1n) is 8.29. The molecule has 0 fully saturated rings. The first-order valence-corrected chi connectivity index (χ1v) is 9.17. The molecule has 1 aliphatic heterocycles. The van der Waals surface area contributed by atoms with Gasteiger partial charge in [-0.05, 0) is 62.2 Å². The van der Waals surface area contributed by atoms with E-state index < -0.39 is 0 Å². The maximum absolute atomic E-state index is 9.18. The summed E-state index contributed by atoms with van der Waals surface area (Å²) in [5.41, 5.74) is 8.51. The van der Waals surface area contributed by atoms with Crippen molar-refractivity contribution in [2.45, 2.75) is 52.4 Å². The molecule has 4 nitrogen and oxygen atoms in total. The second kappa shape index (κ2) is 9.08. The lowest BCUT2D eigenvalue weighted by Crippen LogP contribution is -2.09. The fraction of sp³-hybridized carbons (Fsp3) is 0.556. The predicted octanol–water partition coefficient (Wildman–Crippen LogP) is 4.00. The van der Waals surface area contributed by atoms with Crippen LogP contribution in [-0.2, 0) is 6.42 Å². The lowest BCUT2D eigenvalue weighted by atomic mass is 9.91. The van der Waals surface area contributed by atoms with E-state index in [1.807, 2.05) is 13.1 Å². The highest BCUT2D eigenvalue weighted by molar-refractivity contribution is 8.05. The molecule has 0 aromatic carbocycles. The number of thioether (sulfide) groups is 1. The Morgan fingerprint density at radius 2 is 2.22 bits per heavy atom.